The van der Waals surface area contributed by atoms with Crippen LogP contribution in [0, 0.1) is 11.3 Å². The van der Waals surface area contributed by atoms with Crippen molar-refractivity contribution in [2.45, 2.75) is 25.9 Å². The Bertz CT molecular complexity index is 650. The average Bonchev–Trinajstić information content (AvgIpc) is 2.56. The van der Waals surface area contributed by atoms with Gasteiger partial charge in [-0.1, -0.05) is 42.5 Å². The van der Waals surface area contributed by atoms with Crippen molar-refractivity contribution in [3.63, 3.8) is 0 Å². The lowest BCUT2D eigenvalue weighted by atomic mass is 10.0. The van der Waals surface area contributed by atoms with E-state index in [4.69, 9.17) is 4.74 Å². The predicted molar refractivity (Wildman–Crippen MR) is 85.6 cm³/mol. The van der Waals surface area contributed by atoms with Gasteiger partial charge in [0.1, 0.15) is 6.04 Å². The third-order valence-corrected chi connectivity index (χ3v) is 3.49. The second-order valence-electron chi connectivity index (χ2n) is 4.99. The van der Waals surface area contributed by atoms with E-state index >= 15 is 0 Å². The van der Waals surface area contributed by atoms with Gasteiger partial charge in [-0.15, -0.1) is 0 Å². The van der Waals surface area contributed by atoms with E-state index in [2.05, 4.69) is 11.4 Å². The molecule has 2 unspecified atom stereocenters. The van der Waals surface area contributed by atoms with Crippen molar-refractivity contribution in [1.29, 1.82) is 5.26 Å². The van der Waals surface area contributed by atoms with Gasteiger partial charge in [0.15, 0.2) is 11.5 Å². The Labute approximate surface area is 131 Å². The second-order valence-corrected chi connectivity index (χ2v) is 4.99. The number of phenols is 1. The fourth-order valence-electron chi connectivity index (χ4n) is 2.33. The number of rotatable bonds is 6. The van der Waals surface area contributed by atoms with Crippen LogP contribution in [0.5, 0.6) is 11.5 Å². The van der Waals surface area contributed by atoms with Gasteiger partial charge in [0.2, 0.25) is 0 Å². The van der Waals surface area contributed by atoms with Gasteiger partial charge in [-0.05, 0) is 25.5 Å². The number of nitriles is 1. The van der Waals surface area contributed by atoms with Crippen LogP contribution in [0.2, 0.25) is 0 Å². The van der Waals surface area contributed by atoms with Gasteiger partial charge in [-0.3, -0.25) is 5.32 Å². The highest BCUT2D eigenvalue weighted by Gasteiger charge is 2.20. The summed E-state index contributed by atoms with van der Waals surface area (Å²) in [5.41, 5.74) is 1.61. The van der Waals surface area contributed by atoms with Crippen LogP contribution < -0.4 is 10.1 Å². The van der Waals surface area contributed by atoms with Gasteiger partial charge >= 0.3 is 0 Å². The zero-order valence-corrected chi connectivity index (χ0v) is 12.8. The van der Waals surface area contributed by atoms with Crippen molar-refractivity contribution >= 4 is 0 Å². The quantitative estimate of drug-likeness (QED) is 0.853. The van der Waals surface area contributed by atoms with Crippen LogP contribution in [-0.4, -0.2) is 11.7 Å². The maximum absolute atomic E-state index is 10.3. The van der Waals surface area contributed by atoms with Gasteiger partial charge in [0.05, 0.1) is 12.7 Å². The van der Waals surface area contributed by atoms with E-state index < -0.39 is 6.04 Å². The molecule has 0 radical (unpaired) electrons. The molecule has 0 aliphatic heterocycles. The van der Waals surface area contributed by atoms with Crippen LogP contribution >= 0.6 is 0 Å². The van der Waals surface area contributed by atoms with Crippen LogP contribution in [-0.2, 0) is 0 Å². The molecule has 0 amide bonds. The van der Waals surface area contributed by atoms with E-state index in [-0.39, 0.29) is 11.8 Å². The van der Waals surface area contributed by atoms with Gasteiger partial charge in [-0.25, -0.2) is 0 Å². The number of ether oxygens (including phenoxy) is 1. The SMILES string of the molecule is CCOc1cccc(C(C#N)NC(C)c2ccccc2)c1O. The van der Waals surface area contributed by atoms with Gasteiger partial charge in [-0.2, -0.15) is 5.26 Å². The van der Waals surface area contributed by atoms with E-state index in [1.807, 2.05) is 44.2 Å². The highest BCUT2D eigenvalue weighted by atomic mass is 16.5. The third kappa shape index (κ3) is 3.57. The lowest BCUT2D eigenvalue weighted by Crippen LogP contribution is -2.23. The van der Waals surface area contributed by atoms with Crippen molar-refractivity contribution in [2.24, 2.45) is 0 Å². The number of nitrogens with one attached hydrogen (secondary N) is 1. The predicted octanol–water partition coefficient (Wildman–Crippen LogP) is 3.71. The van der Waals surface area contributed by atoms with Crippen LogP contribution in [0.25, 0.3) is 0 Å². The van der Waals surface area contributed by atoms with Crippen LogP contribution in [0.3, 0.4) is 0 Å². The van der Waals surface area contributed by atoms with Crippen molar-refractivity contribution in [3.8, 4) is 17.6 Å². The molecule has 2 N–H and O–H groups in total. The molecule has 0 spiro atoms. The molecular weight excluding hydrogens is 276 g/mol. The minimum absolute atomic E-state index is 0.0130. The molecule has 0 bridgehead atoms. The van der Waals surface area contributed by atoms with Gasteiger partial charge in [0.25, 0.3) is 0 Å². The molecule has 0 fully saturated rings. The molecule has 114 valence electrons. The number of nitrogens with zero attached hydrogens (tertiary/aromatic N) is 1. The molecule has 0 aliphatic carbocycles. The molecule has 22 heavy (non-hydrogen) atoms. The third-order valence-electron chi connectivity index (χ3n) is 3.49. The van der Waals surface area contributed by atoms with E-state index in [1.165, 1.54) is 0 Å². The van der Waals surface area contributed by atoms with Crippen LogP contribution in [0.1, 0.15) is 37.1 Å². The number of benzene rings is 2. The molecule has 2 aromatic carbocycles. The van der Waals surface area contributed by atoms with Gasteiger partial charge < -0.3 is 9.84 Å². The zero-order chi connectivity index (χ0) is 15.9. The van der Waals surface area contributed by atoms with Crippen molar-refractivity contribution < 1.29 is 9.84 Å². The first kappa shape index (κ1) is 15.9. The summed E-state index contributed by atoms with van der Waals surface area (Å²) in [6.45, 7) is 4.30. The maximum atomic E-state index is 10.3. The first-order chi connectivity index (χ1) is 10.7. The molecule has 2 aromatic rings. The summed E-state index contributed by atoms with van der Waals surface area (Å²) in [6, 6.07) is 16.7. The molecule has 0 heterocycles. The smallest absolute Gasteiger partial charge is 0.163 e. The first-order valence-corrected chi connectivity index (χ1v) is 7.32. The standard InChI is InChI=1S/C18H20N2O2/c1-3-22-17-11-7-10-15(18(17)21)16(12-19)20-13(2)14-8-5-4-6-9-14/h4-11,13,16,20-21H,3H2,1-2H3. The molecule has 2 atom stereocenters. The second kappa shape index (κ2) is 7.48. The summed E-state index contributed by atoms with van der Waals surface area (Å²) in [7, 11) is 0. The van der Waals surface area contributed by atoms with Crippen molar-refractivity contribution in [3.05, 3.63) is 59.7 Å². The Balaban J connectivity index is 2.22. The summed E-state index contributed by atoms with van der Waals surface area (Å²) in [5, 5.41) is 23.0. The molecule has 0 aromatic heterocycles. The molecule has 4 heteroatoms. The summed E-state index contributed by atoms with van der Waals surface area (Å²) < 4.78 is 5.37. The number of aromatic hydroxyl groups is 1. The summed E-state index contributed by atoms with van der Waals surface area (Å²) in [4.78, 5) is 0. The minimum Gasteiger partial charge on any atom is -0.504 e. The first-order valence-electron chi connectivity index (χ1n) is 7.32. The summed E-state index contributed by atoms with van der Waals surface area (Å²) in [6.07, 6.45) is 0. The fourth-order valence-corrected chi connectivity index (χ4v) is 2.33. The monoisotopic (exact) mass is 296 g/mol. The number of phenolic OH excluding ortho intramolecular Hbond substituents is 1. The van der Waals surface area contributed by atoms with Gasteiger partial charge in [0, 0.05) is 11.6 Å². The maximum Gasteiger partial charge on any atom is 0.163 e. The van der Waals surface area contributed by atoms with E-state index in [1.54, 1.807) is 18.2 Å². The lowest BCUT2D eigenvalue weighted by Gasteiger charge is -2.20. The Kier molecular flexibility index (Phi) is 5.40. The average molecular weight is 296 g/mol. The Morgan fingerprint density at radius 3 is 2.55 bits per heavy atom. The van der Waals surface area contributed by atoms with Crippen LogP contribution in [0.4, 0.5) is 0 Å². The molecule has 0 saturated carbocycles. The highest BCUT2D eigenvalue weighted by molar-refractivity contribution is 5.48. The minimum atomic E-state index is -0.615. The number of para-hydroxylation sites is 1. The largest absolute Gasteiger partial charge is 0.504 e. The fraction of sp³-hybridized carbons (Fsp3) is 0.278. The number of hydrogen-bond acceptors (Lipinski definition) is 4. The number of hydrogen-bond donors (Lipinski definition) is 2. The van der Waals surface area contributed by atoms with E-state index in [0.717, 1.165) is 5.56 Å². The van der Waals surface area contributed by atoms with Crippen molar-refractivity contribution in [1.82, 2.24) is 5.32 Å². The van der Waals surface area contributed by atoms with Crippen molar-refractivity contribution in [2.75, 3.05) is 6.61 Å². The Morgan fingerprint density at radius 1 is 1.18 bits per heavy atom. The lowest BCUT2D eigenvalue weighted by molar-refractivity contribution is 0.315. The molecule has 0 saturated heterocycles. The Hall–Kier alpha value is -2.51. The highest BCUT2D eigenvalue weighted by Crippen LogP contribution is 2.34. The van der Waals surface area contributed by atoms with E-state index in [9.17, 15) is 10.4 Å². The molecule has 2 rings (SSSR count). The summed E-state index contributed by atoms with van der Waals surface area (Å²) in [5.74, 6) is 0.415. The Morgan fingerprint density at radius 2 is 1.91 bits per heavy atom. The summed E-state index contributed by atoms with van der Waals surface area (Å²) >= 11 is 0. The molecule has 0 aliphatic rings. The van der Waals surface area contributed by atoms with Crippen LogP contribution in [0.15, 0.2) is 48.5 Å². The molecular formula is C18H20N2O2. The molecule has 4 nitrogen and oxygen atoms in total. The van der Waals surface area contributed by atoms with E-state index in [0.29, 0.717) is 17.9 Å². The normalized spacial score (nSPS) is 13.1. The topological polar surface area (TPSA) is 65.3 Å². The zero-order valence-electron chi connectivity index (χ0n) is 12.8.